The SMILES string of the molecule is O=C(Nc1ccc2nc(CN3CCOCC3)[nH]c2c1)c1cc(S(=O)(=O)N2CCSCC2)c[nH]1. The number of anilines is 1. The van der Waals surface area contributed by atoms with Gasteiger partial charge in [0.05, 0.1) is 30.8 Å². The summed E-state index contributed by atoms with van der Waals surface area (Å²) in [6, 6.07) is 6.85. The normalized spacial score (nSPS) is 18.5. The predicted octanol–water partition coefficient (Wildman–Crippen LogP) is 1.71. The van der Waals surface area contributed by atoms with Crippen molar-refractivity contribution >= 4 is 44.4 Å². The number of nitrogens with one attached hydrogen (secondary N) is 3. The van der Waals surface area contributed by atoms with Crippen molar-refractivity contribution in [3.05, 3.63) is 42.0 Å². The number of rotatable bonds is 6. The third-order valence-corrected chi connectivity index (χ3v) is 8.59. The maximum Gasteiger partial charge on any atom is 0.272 e. The van der Waals surface area contributed by atoms with Gasteiger partial charge in [0.2, 0.25) is 10.0 Å². The minimum absolute atomic E-state index is 0.108. The van der Waals surface area contributed by atoms with Gasteiger partial charge in [0.25, 0.3) is 5.91 Å². The number of imidazole rings is 1. The summed E-state index contributed by atoms with van der Waals surface area (Å²) in [4.78, 5) is 25.9. The minimum Gasteiger partial charge on any atom is -0.379 e. The lowest BCUT2D eigenvalue weighted by atomic mass is 10.2. The molecule has 2 saturated heterocycles. The highest BCUT2D eigenvalue weighted by Crippen LogP contribution is 2.22. The summed E-state index contributed by atoms with van der Waals surface area (Å²) in [7, 11) is -3.60. The lowest BCUT2D eigenvalue weighted by Crippen LogP contribution is -2.37. The second-order valence-corrected chi connectivity index (χ2v) is 11.2. The Hall–Kier alpha value is -2.38. The van der Waals surface area contributed by atoms with Gasteiger partial charge in [-0.1, -0.05) is 0 Å². The monoisotopic (exact) mass is 490 g/mol. The smallest absolute Gasteiger partial charge is 0.272 e. The second kappa shape index (κ2) is 9.47. The molecule has 0 unspecified atom stereocenters. The van der Waals surface area contributed by atoms with E-state index >= 15 is 0 Å². The molecule has 12 heteroatoms. The molecule has 176 valence electrons. The van der Waals surface area contributed by atoms with E-state index < -0.39 is 15.9 Å². The third-order valence-electron chi connectivity index (χ3n) is 5.77. The largest absolute Gasteiger partial charge is 0.379 e. The molecule has 2 fully saturated rings. The Morgan fingerprint density at radius 2 is 1.94 bits per heavy atom. The van der Waals surface area contributed by atoms with Gasteiger partial charge in [0.15, 0.2) is 0 Å². The second-order valence-electron chi connectivity index (χ2n) is 8.02. The van der Waals surface area contributed by atoms with E-state index in [-0.39, 0.29) is 10.6 Å². The van der Waals surface area contributed by atoms with Gasteiger partial charge in [-0.15, -0.1) is 0 Å². The van der Waals surface area contributed by atoms with Crippen molar-refractivity contribution in [2.24, 2.45) is 0 Å². The molecule has 0 bridgehead atoms. The molecular weight excluding hydrogens is 464 g/mol. The average Bonchev–Trinajstić information content (AvgIpc) is 3.48. The highest BCUT2D eigenvalue weighted by molar-refractivity contribution is 7.99. The molecule has 2 aromatic heterocycles. The molecule has 2 aliphatic heterocycles. The number of thioether (sulfide) groups is 1. The van der Waals surface area contributed by atoms with Crippen LogP contribution in [0.25, 0.3) is 11.0 Å². The number of carbonyl (C=O) groups excluding carboxylic acids is 1. The standard InChI is InChI=1S/C21H26N6O4S2/c28-21(19-12-16(13-22-19)33(29,30)27-5-9-32-10-6-27)23-15-1-2-17-18(11-15)25-20(24-17)14-26-3-7-31-8-4-26/h1-2,11-13,22H,3-10,14H2,(H,23,28)(H,24,25). The number of sulfonamides is 1. The molecule has 0 atom stereocenters. The molecule has 2 aliphatic rings. The van der Waals surface area contributed by atoms with Crippen LogP contribution in [0.5, 0.6) is 0 Å². The summed E-state index contributed by atoms with van der Waals surface area (Å²) in [6.07, 6.45) is 1.38. The van der Waals surface area contributed by atoms with Crippen molar-refractivity contribution in [2.75, 3.05) is 56.2 Å². The molecule has 4 heterocycles. The number of ether oxygens (including phenoxy) is 1. The average molecular weight is 491 g/mol. The first-order chi connectivity index (χ1) is 16.0. The Bertz CT molecular complexity index is 1240. The summed E-state index contributed by atoms with van der Waals surface area (Å²) in [5.74, 6) is 2.02. The topological polar surface area (TPSA) is 123 Å². The molecule has 0 spiro atoms. The first-order valence-electron chi connectivity index (χ1n) is 10.9. The lowest BCUT2D eigenvalue weighted by molar-refractivity contribution is 0.0332. The Kier molecular flexibility index (Phi) is 6.43. The third kappa shape index (κ3) is 4.94. The Labute approximate surface area is 196 Å². The Morgan fingerprint density at radius 1 is 1.15 bits per heavy atom. The van der Waals surface area contributed by atoms with Gasteiger partial charge in [0, 0.05) is 49.6 Å². The lowest BCUT2D eigenvalue weighted by Gasteiger charge is -2.25. The van der Waals surface area contributed by atoms with Crippen LogP contribution in [0.4, 0.5) is 5.69 Å². The van der Waals surface area contributed by atoms with Crippen molar-refractivity contribution < 1.29 is 17.9 Å². The summed E-state index contributed by atoms with van der Waals surface area (Å²) in [5.41, 5.74) is 2.44. The first kappa shape index (κ1) is 22.4. The fourth-order valence-corrected chi connectivity index (χ4v) is 6.55. The van der Waals surface area contributed by atoms with Crippen molar-refractivity contribution in [1.29, 1.82) is 0 Å². The van der Waals surface area contributed by atoms with Crippen LogP contribution in [0.1, 0.15) is 16.3 Å². The molecule has 1 amide bonds. The van der Waals surface area contributed by atoms with Crippen LogP contribution in [0.3, 0.4) is 0 Å². The summed E-state index contributed by atoms with van der Waals surface area (Å²) < 4.78 is 32.5. The maximum atomic E-state index is 12.8. The van der Waals surface area contributed by atoms with E-state index in [0.29, 0.717) is 18.8 Å². The van der Waals surface area contributed by atoms with E-state index in [1.54, 1.807) is 17.8 Å². The number of hydrogen-bond donors (Lipinski definition) is 3. The molecule has 0 aliphatic carbocycles. The van der Waals surface area contributed by atoms with Crippen LogP contribution in [-0.2, 0) is 21.3 Å². The number of aromatic amines is 2. The highest BCUT2D eigenvalue weighted by Gasteiger charge is 2.27. The number of aromatic nitrogens is 3. The van der Waals surface area contributed by atoms with Crippen molar-refractivity contribution in [3.63, 3.8) is 0 Å². The van der Waals surface area contributed by atoms with Crippen LogP contribution < -0.4 is 5.32 Å². The van der Waals surface area contributed by atoms with E-state index in [4.69, 9.17) is 4.74 Å². The molecule has 0 saturated carbocycles. The molecule has 1 aromatic carbocycles. The molecule has 0 radical (unpaired) electrons. The molecule has 3 aromatic rings. The Morgan fingerprint density at radius 3 is 2.73 bits per heavy atom. The van der Waals surface area contributed by atoms with Gasteiger partial charge in [-0.05, 0) is 24.3 Å². The van der Waals surface area contributed by atoms with Crippen LogP contribution >= 0.6 is 11.8 Å². The zero-order valence-corrected chi connectivity index (χ0v) is 19.7. The summed E-state index contributed by atoms with van der Waals surface area (Å²) in [5, 5.41) is 2.83. The van der Waals surface area contributed by atoms with Gasteiger partial charge in [-0.25, -0.2) is 13.4 Å². The van der Waals surface area contributed by atoms with Crippen LogP contribution in [0.15, 0.2) is 35.4 Å². The van der Waals surface area contributed by atoms with Gasteiger partial charge in [0.1, 0.15) is 16.4 Å². The molecule has 3 N–H and O–H groups in total. The number of H-pyrrole nitrogens is 2. The van der Waals surface area contributed by atoms with Gasteiger partial charge in [-0.3, -0.25) is 9.69 Å². The fourth-order valence-electron chi connectivity index (χ4n) is 3.98. The van der Waals surface area contributed by atoms with Crippen LogP contribution in [0, 0.1) is 0 Å². The number of morpholine rings is 1. The van der Waals surface area contributed by atoms with Crippen LogP contribution in [0.2, 0.25) is 0 Å². The fraction of sp³-hybridized carbons (Fsp3) is 0.429. The van der Waals surface area contributed by atoms with E-state index in [1.807, 2.05) is 12.1 Å². The number of fused-ring (bicyclic) bond motifs is 1. The minimum atomic E-state index is -3.60. The van der Waals surface area contributed by atoms with E-state index in [2.05, 4.69) is 25.2 Å². The molecule has 5 rings (SSSR count). The Balaban J connectivity index is 1.27. The quantitative estimate of drug-likeness (QED) is 0.481. The summed E-state index contributed by atoms with van der Waals surface area (Å²) in [6.45, 7) is 4.90. The number of hydrogen-bond acceptors (Lipinski definition) is 7. The van der Waals surface area contributed by atoms with Gasteiger partial charge in [-0.2, -0.15) is 16.1 Å². The number of carbonyl (C=O) groups is 1. The number of nitrogens with zero attached hydrogens (tertiary/aromatic N) is 3. The zero-order chi connectivity index (χ0) is 22.8. The predicted molar refractivity (Wildman–Crippen MR) is 127 cm³/mol. The van der Waals surface area contributed by atoms with Gasteiger partial charge >= 0.3 is 0 Å². The van der Waals surface area contributed by atoms with Crippen LogP contribution in [-0.4, -0.2) is 89.4 Å². The van der Waals surface area contributed by atoms with Crippen molar-refractivity contribution in [1.82, 2.24) is 24.2 Å². The molecule has 33 heavy (non-hydrogen) atoms. The maximum absolute atomic E-state index is 12.8. The number of amides is 1. The highest BCUT2D eigenvalue weighted by atomic mass is 32.2. The van der Waals surface area contributed by atoms with E-state index in [0.717, 1.165) is 61.2 Å². The summed E-state index contributed by atoms with van der Waals surface area (Å²) >= 11 is 1.74. The van der Waals surface area contributed by atoms with Crippen molar-refractivity contribution in [3.8, 4) is 0 Å². The number of benzene rings is 1. The first-order valence-corrected chi connectivity index (χ1v) is 13.4. The molecular formula is C21H26N6O4S2. The molecule has 10 nitrogen and oxygen atoms in total. The van der Waals surface area contributed by atoms with Gasteiger partial charge < -0.3 is 20.0 Å². The van der Waals surface area contributed by atoms with E-state index in [1.165, 1.54) is 16.6 Å². The van der Waals surface area contributed by atoms with E-state index in [9.17, 15) is 13.2 Å². The van der Waals surface area contributed by atoms with Crippen molar-refractivity contribution in [2.45, 2.75) is 11.4 Å². The zero-order valence-electron chi connectivity index (χ0n) is 18.0.